The summed E-state index contributed by atoms with van der Waals surface area (Å²) >= 11 is 1.08. The molecule has 0 aliphatic carbocycles. The number of hydrogen-bond donors (Lipinski definition) is 1. The zero-order valence-electron chi connectivity index (χ0n) is 17.7. The second-order valence-corrected chi connectivity index (χ2v) is 8.98. The van der Waals surface area contributed by atoms with E-state index in [0.717, 1.165) is 17.1 Å². The molecule has 2 aromatic heterocycles. The lowest BCUT2D eigenvalue weighted by Gasteiger charge is -2.32. The zero-order valence-corrected chi connectivity index (χ0v) is 18.6. The van der Waals surface area contributed by atoms with Crippen LogP contribution in [0.3, 0.4) is 0 Å². The Morgan fingerprint density at radius 2 is 1.83 bits per heavy atom. The van der Waals surface area contributed by atoms with Gasteiger partial charge in [-0.15, -0.1) is 5.10 Å². The number of benzene rings is 1. The van der Waals surface area contributed by atoms with Crippen molar-refractivity contribution >= 4 is 29.0 Å². The maximum atomic E-state index is 13.4. The molecule has 30 heavy (non-hydrogen) atoms. The molecular weight excluding hydrogens is 400 g/mol. The van der Waals surface area contributed by atoms with E-state index in [9.17, 15) is 9.59 Å². The van der Waals surface area contributed by atoms with Gasteiger partial charge in [0.05, 0.1) is 6.26 Å². The van der Waals surface area contributed by atoms with Crippen LogP contribution in [0.5, 0.6) is 0 Å². The molecule has 3 rings (SSSR count). The SMILES string of the molecule is CC(C)c1ccc(N(C(=O)c2csnn2)C(C(=O)NC(C)(C)C)c2ccco2)cc1. The van der Waals surface area contributed by atoms with E-state index in [-0.39, 0.29) is 11.6 Å². The van der Waals surface area contributed by atoms with Gasteiger partial charge in [-0.05, 0) is 68.1 Å². The predicted molar refractivity (Wildman–Crippen MR) is 117 cm³/mol. The number of amides is 2. The summed E-state index contributed by atoms with van der Waals surface area (Å²) in [6.07, 6.45) is 1.49. The molecule has 2 amide bonds. The van der Waals surface area contributed by atoms with Gasteiger partial charge in [-0.25, -0.2) is 0 Å². The van der Waals surface area contributed by atoms with E-state index >= 15 is 0 Å². The monoisotopic (exact) mass is 426 g/mol. The molecule has 1 unspecified atom stereocenters. The average Bonchev–Trinajstić information content (AvgIpc) is 3.38. The van der Waals surface area contributed by atoms with Crippen LogP contribution in [0.4, 0.5) is 5.69 Å². The van der Waals surface area contributed by atoms with E-state index in [1.807, 2.05) is 45.0 Å². The minimum atomic E-state index is -1.00. The van der Waals surface area contributed by atoms with Crippen LogP contribution in [-0.2, 0) is 4.79 Å². The highest BCUT2D eigenvalue weighted by atomic mass is 32.1. The van der Waals surface area contributed by atoms with Gasteiger partial charge in [-0.2, -0.15) is 0 Å². The number of furan rings is 1. The van der Waals surface area contributed by atoms with Crippen molar-refractivity contribution in [2.75, 3.05) is 4.90 Å². The number of rotatable bonds is 6. The van der Waals surface area contributed by atoms with Gasteiger partial charge in [0.15, 0.2) is 11.7 Å². The molecule has 0 saturated carbocycles. The van der Waals surface area contributed by atoms with Crippen LogP contribution in [-0.4, -0.2) is 26.9 Å². The van der Waals surface area contributed by atoms with Crippen LogP contribution in [0.1, 0.15) is 68.4 Å². The fraction of sp³-hybridized carbons (Fsp3) is 0.364. The summed E-state index contributed by atoms with van der Waals surface area (Å²) in [5, 5.41) is 8.45. The number of nitrogens with zero attached hydrogens (tertiary/aromatic N) is 3. The first-order valence-electron chi connectivity index (χ1n) is 9.73. The Bertz CT molecular complexity index is 975. The van der Waals surface area contributed by atoms with Gasteiger partial charge >= 0.3 is 0 Å². The maximum absolute atomic E-state index is 13.4. The maximum Gasteiger partial charge on any atom is 0.280 e. The Morgan fingerprint density at radius 1 is 1.13 bits per heavy atom. The van der Waals surface area contributed by atoms with Crippen LogP contribution in [0.15, 0.2) is 52.5 Å². The number of hydrogen-bond acceptors (Lipinski definition) is 6. The van der Waals surface area contributed by atoms with E-state index < -0.39 is 17.5 Å². The molecule has 7 nitrogen and oxygen atoms in total. The van der Waals surface area contributed by atoms with Gasteiger partial charge < -0.3 is 9.73 Å². The van der Waals surface area contributed by atoms with Gasteiger partial charge in [-0.1, -0.05) is 30.5 Å². The summed E-state index contributed by atoms with van der Waals surface area (Å²) in [6.45, 7) is 9.86. The van der Waals surface area contributed by atoms with Gasteiger partial charge in [0.2, 0.25) is 0 Å². The van der Waals surface area contributed by atoms with E-state index in [0.29, 0.717) is 17.4 Å². The lowest BCUT2D eigenvalue weighted by molar-refractivity contribution is -0.124. The Balaban J connectivity index is 2.11. The van der Waals surface area contributed by atoms with Crippen LogP contribution < -0.4 is 10.2 Å². The molecule has 0 fully saturated rings. The highest BCUT2D eigenvalue weighted by Crippen LogP contribution is 2.31. The van der Waals surface area contributed by atoms with Crippen molar-refractivity contribution in [2.24, 2.45) is 0 Å². The van der Waals surface area contributed by atoms with Crippen molar-refractivity contribution in [2.45, 2.75) is 52.1 Å². The molecule has 1 atom stereocenters. The molecular formula is C22H26N4O3S. The van der Waals surface area contributed by atoms with Crippen LogP contribution in [0, 0.1) is 0 Å². The Kier molecular flexibility index (Phi) is 6.36. The molecule has 0 aliphatic heterocycles. The quantitative estimate of drug-likeness (QED) is 0.624. The fourth-order valence-corrected chi connectivity index (χ4v) is 3.47. The van der Waals surface area contributed by atoms with Gasteiger partial charge in [0.25, 0.3) is 11.8 Å². The van der Waals surface area contributed by atoms with Gasteiger partial charge in [0.1, 0.15) is 5.76 Å². The highest BCUT2D eigenvalue weighted by Gasteiger charge is 2.37. The second kappa shape index (κ2) is 8.79. The average molecular weight is 427 g/mol. The van der Waals surface area contributed by atoms with E-state index in [1.54, 1.807) is 17.5 Å². The summed E-state index contributed by atoms with van der Waals surface area (Å²) in [5.74, 6) is -0.0642. The van der Waals surface area contributed by atoms with Gasteiger partial charge in [0, 0.05) is 16.6 Å². The number of carbonyl (C=O) groups is 2. The first-order chi connectivity index (χ1) is 14.2. The van der Waals surface area contributed by atoms with Crippen molar-refractivity contribution < 1.29 is 14.0 Å². The van der Waals surface area contributed by atoms with Crippen molar-refractivity contribution in [3.63, 3.8) is 0 Å². The normalized spacial score (nSPS) is 12.6. The third-order valence-corrected chi connectivity index (χ3v) is 4.96. The molecule has 0 bridgehead atoms. The second-order valence-electron chi connectivity index (χ2n) is 8.37. The molecule has 2 heterocycles. The fourth-order valence-electron chi connectivity index (χ4n) is 3.04. The van der Waals surface area contributed by atoms with E-state index in [2.05, 4.69) is 28.8 Å². The van der Waals surface area contributed by atoms with E-state index in [1.165, 1.54) is 11.2 Å². The topological polar surface area (TPSA) is 88.3 Å². The predicted octanol–water partition coefficient (Wildman–Crippen LogP) is 4.56. The lowest BCUT2D eigenvalue weighted by Crippen LogP contribution is -2.49. The summed E-state index contributed by atoms with van der Waals surface area (Å²) in [4.78, 5) is 28.2. The summed E-state index contributed by atoms with van der Waals surface area (Å²) in [5.41, 5.74) is 1.39. The molecule has 0 saturated heterocycles. The number of aromatic nitrogens is 2. The van der Waals surface area contributed by atoms with Crippen LogP contribution >= 0.6 is 11.5 Å². The highest BCUT2D eigenvalue weighted by molar-refractivity contribution is 7.03. The molecule has 158 valence electrons. The smallest absolute Gasteiger partial charge is 0.280 e. The first-order valence-corrected chi connectivity index (χ1v) is 10.6. The number of carbonyl (C=O) groups excluding carboxylic acids is 2. The molecule has 0 spiro atoms. The summed E-state index contributed by atoms with van der Waals surface area (Å²) in [6, 6.07) is 9.98. The Morgan fingerprint density at radius 3 is 2.33 bits per heavy atom. The number of nitrogens with one attached hydrogen (secondary N) is 1. The molecule has 0 radical (unpaired) electrons. The van der Waals surface area contributed by atoms with Crippen molar-refractivity contribution in [3.05, 3.63) is 65.1 Å². The third-order valence-electron chi connectivity index (χ3n) is 4.45. The number of anilines is 1. The lowest BCUT2D eigenvalue weighted by atomic mass is 10.0. The van der Waals surface area contributed by atoms with Gasteiger partial charge in [-0.3, -0.25) is 14.5 Å². The zero-order chi connectivity index (χ0) is 21.9. The van der Waals surface area contributed by atoms with Crippen molar-refractivity contribution in [3.8, 4) is 0 Å². The standard InChI is InChI=1S/C22H26N4O3S/c1-14(2)15-8-10-16(11-9-15)26(21(28)17-13-30-25-24-17)19(18-7-6-12-29-18)20(27)23-22(3,4)5/h6-14,19H,1-5H3,(H,23,27). The summed E-state index contributed by atoms with van der Waals surface area (Å²) < 4.78 is 9.38. The minimum Gasteiger partial charge on any atom is -0.467 e. The first kappa shape index (κ1) is 21.7. The molecule has 0 aliphatic rings. The van der Waals surface area contributed by atoms with Crippen molar-refractivity contribution in [1.82, 2.24) is 14.9 Å². The molecule has 8 heteroatoms. The van der Waals surface area contributed by atoms with Crippen LogP contribution in [0.25, 0.3) is 0 Å². The third kappa shape index (κ3) is 4.94. The van der Waals surface area contributed by atoms with Crippen molar-refractivity contribution in [1.29, 1.82) is 0 Å². The Labute approximate surface area is 180 Å². The van der Waals surface area contributed by atoms with Crippen LogP contribution in [0.2, 0.25) is 0 Å². The molecule has 1 aromatic carbocycles. The summed E-state index contributed by atoms with van der Waals surface area (Å²) in [7, 11) is 0. The molecule has 3 aromatic rings. The minimum absolute atomic E-state index is 0.174. The largest absolute Gasteiger partial charge is 0.467 e. The molecule has 1 N–H and O–H groups in total. The van der Waals surface area contributed by atoms with E-state index in [4.69, 9.17) is 4.42 Å². The Hall–Kier alpha value is -3.00.